The summed E-state index contributed by atoms with van der Waals surface area (Å²) in [6.45, 7) is 6.05. The zero-order chi connectivity index (χ0) is 29.6. The van der Waals surface area contributed by atoms with Crippen LogP contribution >= 0.6 is 11.8 Å². The number of aryl methyl sites for hydroxylation is 1. The summed E-state index contributed by atoms with van der Waals surface area (Å²) in [4.78, 5) is 17.6. The molecule has 3 atom stereocenters. The maximum atomic E-state index is 12.9. The van der Waals surface area contributed by atoms with E-state index in [4.69, 9.17) is 9.72 Å². The lowest BCUT2D eigenvalue weighted by atomic mass is 9.99. The summed E-state index contributed by atoms with van der Waals surface area (Å²) in [5.74, 6) is 0.781. The van der Waals surface area contributed by atoms with Crippen molar-refractivity contribution in [2.75, 3.05) is 29.6 Å². The molecule has 0 aliphatic carbocycles. The van der Waals surface area contributed by atoms with E-state index in [1.165, 1.54) is 0 Å². The molecule has 0 fully saturated rings. The molecule has 3 unspecified atom stereocenters. The molecule has 0 amide bonds. The topological polar surface area (TPSA) is 97.1 Å². The SMILES string of the molecule is CCCCS(=O)CC(COC(=O)CSc1nc(-c2ccc(C)cc2)cc(-c2ccccc2)c1C#N)S(=O)CCCC. The molecule has 3 aromatic rings. The predicted molar refractivity (Wildman–Crippen MR) is 171 cm³/mol. The van der Waals surface area contributed by atoms with Gasteiger partial charge in [0, 0.05) is 50.0 Å². The Kier molecular flexibility index (Phi) is 13.7. The van der Waals surface area contributed by atoms with Gasteiger partial charge in [0.1, 0.15) is 17.7 Å². The zero-order valence-corrected chi connectivity index (χ0v) is 26.4. The quantitative estimate of drug-likeness (QED) is 0.132. The van der Waals surface area contributed by atoms with E-state index < -0.39 is 32.8 Å². The van der Waals surface area contributed by atoms with Crippen molar-refractivity contribution in [2.45, 2.75) is 56.7 Å². The summed E-state index contributed by atoms with van der Waals surface area (Å²) in [7, 11) is -2.34. The highest BCUT2D eigenvalue weighted by atomic mass is 32.2. The van der Waals surface area contributed by atoms with E-state index in [1.54, 1.807) is 0 Å². The fourth-order valence-corrected chi connectivity index (χ4v) is 8.33. The van der Waals surface area contributed by atoms with Crippen LogP contribution in [0.4, 0.5) is 0 Å². The molecule has 0 aliphatic heterocycles. The number of carbonyl (C=O) groups is 1. The number of carbonyl (C=O) groups excluding carboxylic acids is 1. The van der Waals surface area contributed by atoms with Gasteiger partial charge in [-0.1, -0.05) is 98.6 Å². The summed E-state index contributed by atoms with van der Waals surface area (Å²) in [6, 6.07) is 21.9. The van der Waals surface area contributed by atoms with Crippen molar-refractivity contribution < 1.29 is 17.9 Å². The minimum absolute atomic E-state index is 0.0369. The molecule has 9 heteroatoms. The second-order valence-electron chi connectivity index (χ2n) is 9.78. The van der Waals surface area contributed by atoms with Crippen LogP contribution in [0.5, 0.6) is 0 Å². The van der Waals surface area contributed by atoms with Crippen molar-refractivity contribution in [1.82, 2.24) is 4.98 Å². The van der Waals surface area contributed by atoms with Gasteiger partial charge in [0.05, 0.1) is 22.3 Å². The highest BCUT2D eigenvalue weighted by Gasteiger charge is 2.22. The Labute approximate surface area is 253 Å². The van der Waals surface area contributed by atoms with Crippen LogP contribution in [-0.4, -0.2) is 54.2 Å². The summed E-state index contributed by atoms with van der Waals surface area (Å²) >= 11 is 1.16. The average Bonchev–Trinajstić information content (AvgIpc) is 3.00. The van der Waals surface area contributed by atoms with E-state index in [0.717, 1.165) is 59.7 Å². The first-order chi connectivity index (χ1) is 19.9. The first kappa shape index (κ1) is 32.7. The van der Waals surface area contributed by atoms with Crippen LogP contribution in [0.3, 0.4) is 0 Å². The highest BCUT2D eigenvalue weighted by Crippen LogP contribution is 2.34. The van der Waals surface area contributed by atoms with Gasteiger partial charge in [-0.3, -0.25) is 13.2 Å². The molecule has 0 saturated heterocycles. The Bertz CT molecular complexity index is 1370. The van der Waals surface area contributed by atoms with E-state index in [9.17, 15) is 18.5 Å². The molecule has 41 heavy (non-hydrogen) atoms. The number of pyridine rings is 1. The molecule has 6 nitrogen and oxygen atoms in total. The van der Waals surface area contributed by atoms with Crippen LogP contribution in [0.2, 0.25) is 0 Å². The minimum atomic E-state index is -1.23. The number of ether oxygens (including phenoxy) is 1. The Hall–Kier alpha value is -2.80. The van der Waals surface area contributed by atoms with E-state index in [2.05, 4.69) is 6.07 Å². The molecule has 2 aromatic carbocycles. The smallest absolute Gasteiger partial charge is 0.316 e. The Morgan fingerprint density at radius 3 is 2.34 bits per heavy atom. The van der Waals surface area contributed by atoms with Crippen molar-refractivity contribution in [2.24, 2.45) is 0 Å². The second kappa shape index (κ2) is 17.2. The van der Waals surface area contributed by atoms with Gasteiger partial charge in [0.2, 0.25) is 0 Å². The normalized spacial score (nSPS) is 13.2. The van der Waals surface area contributed by atoms with E-state index in [-0.39, 0.29) is 18.1 Å². The molecule has 0 bridgehead atoms. The highest BCUT2D eigenvalue weighted by molar-refractivity contribution is 8.00. The third-order valence-electron chi connectivity index (χ3n) is 6.46. The Morgan fingerprint density at radius 1 is 1.00 bits per heavy atom. The third kappa shape index (κ3) is 10.2. The van der Waals surface area contributed by atoms with Gasteiger partial charge in [-0.25, -0.2) is 4.98 Å². The van der Waals surface area contributed by atoms with E-state index in [0.29, 0.717) is 27.8 Å². The van der Waals surface area contributed by atoms with Crippen molar-refractivity contribution >= 4 is 39.3 Å². The number of rotatable bonds is 16. The van der Waals surface area contributed by atoms with Crippen molar-refractivity contribution in [1.29, 1.82) is 5.26 Å². The molecule has 0 spiro atoms. The summed E-state index contributed by atoms with van der Waals surface area (Å²) in [6.07, 6.45) is 3.50. The first-order valence-corrected chi connectivity index (χ1v) is 17.8. The molecule has 1 aromatic heterocycles. The van der Waals surface area contributed by atoms with Crippen LogP contribution in [0, 0.1) is 18.3 Å². The molecule has 0 N–H and O–H groups in total. The fraction of sp³-hybridized carbons (Fsp3) is 0.406. The predicted octanol–water partition coefficient (Wildman–Crippen LogP) is 6.70. The number of hydrogen-bond acceptors (Lipinski definition) is 7. The standard InChI is InChI=1S/C32H38N2O4S3/c1-4-6-17-40(36)23-27(41(37)18-7-5-2)21-38-31(35)22-39-32-29(20-33)28(25-11-9-8-10-12-25)19-30(34-32)26-15-13-24(3)14-16-26/h8-16,19,27H,4-7,17-18,21-23H2,1-3H3. The van der Waals surface area contributed by atoms with Gasteiger partial charge < -0.3 is 4.74 Å². The Morgan fingerprint density at radius 2 is 1.68 bits per heavy atom. The minimum Gasteiger partial charge on any atom is -0.464 e. The van der Waals surface area contributed by atoms with Crippen molar-refractivity contribution in [3.05, 3.63) is 71.8 Å². The zero-order valence-electron chi connectivity index (χ0n) is 24.0. The van der Waals surface area contributed by atoms with Gasteiger partial charge in [0.15, 0.2) is 0 Å². The molecule has 3 rings (SSSR count). The van der Waals surface area contributed by atoms with Crippen LogP contribution in [-0.2, 0) is 31.1 Å². The van der Waals surface area contributed by atoms with E-state index in [1.807, 2.05) is 81.4 Å². The number of esters is 1. The van der Waals surface area contributed by atoms with Crippen LogP contribution in [0.1, 0.15) is 50.7 Å². The lowest BCUT2D eigenvalue weighted by molar-refractivity contribution is -0.140. The summed E-state index contributed by atoms with van der Waals surface area (Å²) < 4.78 is 31.0. The number of thioether (sulfide) groups is 1. The maximum Gasteiger partial charge on any atom is 0.316 e. The molecule has 218 valence electrons. The van der Waals surface area contributed by atoms with Gasteiger partial charge in [-0.2, -0.15) is 5.26 Å². The lowest BCUT2D eigenvalue weighted by Gasteiger charge is -2.17. The van der Waals surface area contributed by atoms with Gasteiger partial charge in [0.25, 0.3) is 0 Å². The summed E-state index contributed by atoms with van der Waals surface area (Å²) in [5.41, 5.74) is 4.78. The first-order valence-electron chi connectivity index (χ1n) is 13.9. The summed E-state index contributed by atoms with van der Waals surface area (Å²) in [5, 5.41) is 10.1. The molecule has 0 saturated carbocycles. The molecular weight excluding hydrogens is 573 g/mol. The molecule has 0 radical (unpaired) electrons. The van der Waals surface area contributed by atoms with Crippen LogP contribution in [0.25, 0.3) is 22.4 Å². The number of nitriles is 1. The number of aromatic nitrogens is 1. The van der Waals surface area contributed by atoms with Crippen LogP contribution < -0.4 is 0 Å². The maximum absolute atomic E-state index is 12.9. The second-order valence-corrected chi connectivity index (χ2v) is 14.2. The number of nitrogens with zero attached hydrogens (tertiary/aromatic N) is 2. The van der Waals surface area contributed by atoms with E-state index >= 15 is 0 Å². The Balaban J connectivity index is 1.78. The fourth-order valence-electron chi connectivity index (χ4n) is 4.06. The van der Waals surface area contributed by atoms with Crippen molar-refractivity contribution in [3.8, 4) is 28.5 Å². The van der Waals surface area contributed by atoms with Gasteiger partial charge in [-0.05, 0) is 31.4 Å². The number of hydrogen-bond donors (Lipinski definition) is 0. The van der Waals surface area contributed by atoms with Crippen LogP contribution in [0.15, 0.2) is 65.7 Å². The lowest BCUT2D eigenvalue weighted by Crippen LogP contribution is -2.31. The monoisotopic (exact) mass is 610 g/mol. The molecule has 1 heterocycles. The average molecular weight is 611 g/mol. The van der Waals surface area contributed by atoms with Gasteiger partial charge in [-0.15, -0.1) is 0 Å². The number of benzene rings is 2. The van der Waals surface area contributed by atoms with Crippen molar-refractivity contribution in [3.63, 3.8) is 0 Å². The number of unbranched alkanes of at least 4 members (excludes halogenated alkanes) is 2. The molecular formula is C32H38N2O4S3. The third-order valence-corrected chi connectivity index (χ3v) is 10.9. The molecule has 0 aliphatic rings. The largest absolute Gasteiger partial charge is 0.464 e. The van der Waals surface area contributed by atoms with Gasteiger partial charge >= 0.3 is 5.97 Å².